The maximum absolute atomic E-state index is 12.0. The van der Waals surface area contributed by atoms with Gasteiger partial charge in [0.05, 0.1) is 13.5 Å². The summed E-state index contributed by atoms with van der Waals surface area (Å²) < 4.78 is 5.15. The second-order valence-corrected chi connectivity index (χ2v) is 4.89. The molecule has 0 fully saturated rings. The van der Waals surface area contributed by atoms with E-state index in [-0.39, 0.29) is 5.91 Å². The fourth-order valence-corrected chi connectivity index (χ4v) is 1.99. The Hall–Kier alpha value is -2.29. The molecule has 0 radical (unpaired) electrons. The van der Waals surface area contributed by atoms with E-state index >= 15 is 0 Å². The highest BCUT2D eigenvalue weighted by molar-refractivity contribution is 5.93. The van der Waals surface area contributed by atoms with Gasteiger partial charge in [0.2, 0.25) is 5.91 Å². The highest BCUT2D eigenvalue weighted by Crippen LogP contribution is 2.21. The van der Waals surface area contributed by atoms with Gasteiger partial charge in [0.25, 0.3) is 0 Å². The van der Waals surface area contributed by atoms with Crippen molar-refractivity contribution in [3.05, 3.63) is 59.2 Å². The molecule has 0 bridgehead atoms. The number of amides is 1. The number of methoxy groups -OCH3 is 1. The van der Waals surface area contributed by atoms with Gasteiger partial charge in [0.1, 0.15) is 5.75 Å². The Labute approximate surface area is 119 Å². The molecule has 0 heterocycles. The maximum Gasteiger partial charge on any atom is 0.228 e. The van der Waals surface area contributed by atoms with E-state index in [2.05, 4.69) is 5.32 Å². The van der Waals surface area contributed by atoms with Crippen LogP contribution in [0.4, 0.5) is 5.69 Å². The van der Waals surface area contributed by atoms with Gasteiger partial charge in [-0.25, -0.2) is 0 Å². The number of benzene rings is 2. The molecular weight excluding hydrogens is 250 g/mol. The van der Waals surface area contributed by atoms with Gasteiger partial charge in [0.15, 0.2) is 0 Å². The average molecular weight is 269 g/mol. The number of hydrogen-bond donors (Lipinski definition) is 1. The van der Waals surface area contributed by atoms with E-state index < -0.39 is 0 Å². The number of hydrogen-bond acceptors (Lipinski definition) is 2. The van der Waals surface area contributed by atoms with E-state index in [1.165, 1.54) is 5.56 Å². The molecule has 2 rings (SSSR count). The third-order valence-electron chi connectivity index (χ3n) is 3.19. The van der Waals surface area contributed by atoms with Gasteiger partial charge in [0, 0.05) is 5.69 Å². The molecule has 104 valence electrons. The molecule has 2 aromatic carbocycles. The largest absolute Gasteiger partial charge is 0.497 e. The third kappa shape index (κ3) is 3.60. The van der Waals surface area contributed by atoms with Gasteiger partial charge >= 0.3 is 0 Å². The Bertz CT molecular complexity index is 603. The normalized spacial score (nSPS) is 10.2. The minimum Gasteiger partial charge on any atom is -0.497 e. The lowest BCUT2D eigenvalue weighted by molar-refractivity contribution is -0.115. The number of rotatable bonds is 4. The van der Waals surface area contributed by atoms with Crippen LogP contribution >= 0.6 is 0 Å². The smallest absolute Gasteiger partial charge is 0.228 e. The SMILES string of the molecule is COc1ccc(NC(=O)Cc2ccc(C)cc2)c(C)c1. The highest BCUT2D eigenvalue weighted by Gasteiger charge is 2.06. The fourth-order valence-electron chi connectivity index (χ4n) is 1.99. The molecular formula is C17H19NO2. The van der Waals surface area contributed by atoms with E-state index in [9.17, 15) is 4.79 Å². The van der Waals surface area contributed by atoms with Gasteiger partial charge in [-0.05, 0) is 43.2 Å². The van der Waals surface area contributed by atoms with Gasteiger partial charge in [-0.2, -0.15) is 0 Å². The summed E-state index contributed by atoms with van der Waals surface area (Å²) in [5, 5.41) is 2.93. The van der Waals surface area contributed by atoms with Gasteiger partial charge in [-0.3, -0.25) is 4.79 Å². The van der Waals surface area contributed by atoms with Crippen molar-refractivity contribution in [2.24, 2.45) is 0 Å². The zero-order valence-electron chi connectivity index (χ0n) is 12.1. The zero-order chi connectivity index (χ0) is 14.5. The van der Waals surface area contributed by atoms with Crippen molar-refractivity contribution < 1.29 is 9.53 Å². The molecule has 3 heteroatoms. The lowest BCUT2D eigenvalue weighted by Crippen LogP contribution is -2.15. The molecule has 20 heavy (non-hydrogen) atoms. The third-order valence-corrected chi connectivity index (χ3v) is 3.19. The Morgan fingerprint density at radius 3 is 2.40 bits per heavy atom. The summed E-state index contributed by atoms with van der Waals surface area (Å²) in [5.74, 6) is 0.779. The number of ether oxygens (including phenoxy) is 1. The Balaban J connectivity index is 2.02. The molecule has 0 spiro atoms. The topological polar surface area (TPSA) is 38.3 Å². The lowest BCUT2D eigenvalue weighted by atomic mass is 10.1. The van der Waals surface area contributed by atoms with Crippen molar-refractivity contribution in [1.29, 1.82) is 0 Å². The predicted molar refractivity (Wildman–Crippen MR) is 81.2 cm³/mol. The van der Waals surface area contributed by atoms with Crippen molar-refractivity contribution in [3.63, 3.8) is 0 Å². The molecule has 0 saturated heterocycles. The van der Waals surface area contributed by atoms with Crippen molar-refractivity contribution in [2.75, 3.05) is 12.4 Å². The van der Waals surface area contributed by atoms with Crippen LogP contribution in [0.1, 0.15) is 16.7 Å². The first kappa shape index (κ1) is 14.1. The van der Waals surface area contributed by atoms with Crippen LogP contribution in [0, 0.1) is 13.8 Å². The van der Waals surface area contributed by atoms with E-state index in [1.54, 1.807) is 7.11 Å². The molecule has 0 aliphatic carbocycles. The molecule has 3 nitrogen and oxygen atoms in total. The first-order valence-electron chi connectivity index (χ1n) is 6.58. The number of aryl methyl sites for hydroxylation is 2. The molecule has 0 aliphatic heterocycles. The van der Waals surface area contributed by atoms with Crippen LogP contribution in [0.25, 0.3) is 0 Å². The Morgan fingerprint density at radius 1 is 1.10 bits per heavy atom. The summed E-state index contributed by atoms with van der Waals surface area (Å²) in [6.45, 7) is 3.98. The lowest BCUT2D eigenvalue weighted by Gasteiger charge is -2.10. The second kappa shape index (κ2) is 6.24. The molecule has 0 aliphatic rings. The summed E-state index contributed by atoms with van der Waals surface area (Å²) in [5.41, 5.74) is 4.02. The summed E-state index contributed by atoms with van der Waals surface area (Å²) in [6, 6.07) is 13.6. The summed E-state index contributed by atoms with van der Waals surface area (Å²) in [6.07, 6.45) is 0.381. The maximum atomic E-state index is 12.0. The first-order valence-corrected chi connectivity index (χ1v) is 6.58. The Morgan fingerprint density at radius 2 is 1.80 bits per heavy atom. The highest BCUT2D eigenvalue weighted by atomic mass is 16.5. The molecule has 0 unspecified atom stereocenters. The summed E-state index contributed by atoms with van der Waals surface area (Å²) >= 11 is 0. The van der Waals surface area contributed by atoms with Crippen LogP contribution in [0.2, 0.25) is 0 Å². The van der Waals surface area contributed by atoms with Crippen LogP contribution in [-0.2, 0) is 11.2 Å². The molecule has 1 amide bonds. The van der Waals surface area contributed by atoms with Gasteiger partial charge in [-0.1, -0.05) is 29.8 Å². The minimum absolute atomic E-state index is 0.0119. The quantitative estimate of drug-likeness (QED) is 0.922. The molecule has 0 atom stereocenters. The first-order chi connectivity index (χ1) is 9.58. The van der Waals surface area contributed by atoms with Gasteiger partial charge < -0.3 is 10.1 Å². The van der Waals surface area contributed by atoms with Crippen LogP contribution in [0.15, 0.2) is 42.5 Å². The van der Waals surface area contributed by atoms with Crippen molar-refractivity contribution in [1.82, 2.24) is 0 Å². The van der Waals surface area contributed by atoms with Crippen LogP contribution < -0.4 is 10.1 Å². The average Bonchev–Trinajstić information content (AvgIpc) is 2.43. The summed E-state index contributed by atoms with van der Waals surface area (Å²) in [7, 11) is 1.63. The molecule has 2 aromatic rings. The number of carbonyl (C=O) groups is 1. The van der Waals surface area contributed by atoms with E-state index in [1.807, 2.05) is 56.3 Å². The second-order valence-electron chi connectivity index (χ2n) is 4.89. The standard InChI is InChI=1S/C17H19NO2/c1-12-4-6-14(7-5-12)11-17(19)18-16-9-8-15(20-3)10-13(16)2/h4-10H,11H2,1-3H3,(H,18,19). The van der Waals surface area contributed by atoms with Crippen LogP contribution in [0.3, 0.4) is 0 Å². The van der Waals surface area contributed by atoms with E-state index in [4.69, 9.17) is 4.74 Å². The van der Waals surface area contributed by atoms with Crippen LogP contribution in [0.5, 0.6) is 5.75 Å². The number of nitrogens with one attached hydrogen (secondary N) is 1. The molecule has 0 aromatic heterocycles. The van der Waals surface area contributed by atoms with Crippen molar-refractivity contribution in [2.45, 2.75) is 20.3 Å². The van der Waals surface area contributed by atoms with Crippen molar-refractivity contribution >= 4 is 11.6 Å². The Kier molecular flexibility index (Phi) is 4.41. The zero-order valence-corrected chi connectivity index (χ0v) is 12.1. The molecule has 0 saturated carbocycles. The van der Waals surface area contributed by atoms with E-state index in [0.717, 1.165) is 22.6 Å². The molecule has 1 N–H and O–H groups in total. The predicted octanol–water partition coefficient (Wildman–Crippen LogP) is 3.49. The van der Waals surface area contributed by atoms with Crippen LogP contribution in [-0.4, -0.2) is 13.0 Å². The van der Waals surface area contributed by atoms with Gasteiger partial charge in [-0.15, -0.1) is 0 Å². The monoisotopic (exact) mass is 269 g/mol. The number of carbonyl (C=O) groups excluding carboxylic acids is 1. The summed E-state index contributed by atoms with van der Waals surface area (Å²) in [4.78, 5) is 12.0. The van der Waals surface area contributed by atoms with E-state index in [0.29, 0.717) is 6.42 Å². The minimum atomic E-state index is -0.0119. The fraction of sp³-hybridized carbons (Fsp3) is 0.235. The number of anilines is 1. The van der Waals surface area contributed by atoms with Crippen molar-refractivity contribution in [3.8, 4) is 5.75 Å².